The molecule has 1 amide bonds. The number of rotatable bonds is 4. The third-order valence-corrected chi connectivity index (χ3v) is 4.38. The largest absolute Gasteiger partial charge is 0.459 e. The quantitative estimate of drug-likeness (QED) is 0.785. The molecule has 0 saturated heterocycles. The van der Waals surface area contributed by atoms with Crippen LogP contribution in [0.5, 0.6) is 0 Å². The third-order valence-electron chi connectivity index (χ3n) is 3.47. The van der Waals surface area contributed by atoms with E-state index in [1.54, 1.807) is 18.3 Å². The predicted molar refractivity (Wildman–Crippen MR) is 87.5 cm³/mol. The highest BCUT2D eigenvalue weighted by atomic mass is 32.1. The van der Waals surface area contributed by atoms with E-state index in [1.807, 2.05) is 0 Å². The average molecular weight is 312 g/mol. The van der Waals surface area contributed by atoms with E-state index < -0.39 is 0 Å². The molecule has 0 aliphatic rings. The number of carbonyl (C=O) groups excluding carboxylic acids is 1. The van der Waals surface area contributed by atoms with Crippen molar-refractivity contribution in [3.63, 3.8) is 0 Å². The third kappa shape index (κ3) is 3.26. The Labute approximate surface area is 132 Å². The lowest BCUT2D eigenvalue weighted by Crippen LogP contribution is -2.10. The van der Waals surface area contributed by atoms with Gasteiger partial charge in [-0.15, -0.1) is 11.3 Å². The Hall–Kier alpha value is -2.40. The highest BCUT2D eigenvalue weighted by Crippen LogP contribution is 2.22. The van der Waals surface area contributed by atoms with Crippen molar-refractivity contribution in [2.24, 2.45) is 0 Å². The van der Waals surface area contributed by atoms with Crippen LogP contribution in [0, 0.1) is 13.8 Å². The van der Waals surface area contributed by atoms with Crippen LogP contribution in [0.1, 0.15) is 32.1 Å². The van der Waals surface area contributed by atoms with Gasteiger partial charge in [0.1, 0.15) is 0 Å². The number of thiazole rings is 1. The van der Waals surface area contributed by atoms with Gasteiger partial charge in [-0.3, -0.25) is 10.1 Å². The lowest BCUT2D eigenvalue weighted by Gasteiger charge is -2.03. The van der Waals surface area contributed by atoms with Crippen LogP contribution in [-0.2, 0) is 6.42 Å². The van der Waals surface area contributed by atoms with Crippen molar-refractivity contribution in [2.75, 3.05) is 5.32 Å². The minimum Gasteiger partial charge on any atom is -0.459 e. The first-order chi connectivity index (χ1) is 10.6. The molecule has 0 radical (unpaired) electrons. The van der Waals surface area contributed by atoms with Gasteiger partial charge in [0, 0.05) is 17.5 Å². The molecule has 4 nitrogen and oxygen atoms in total. The smallest absolute Gasteiger partial charge is 0.293 e. The number of hydrogen-bond acceptors (Lipinski definition) is 4. The predicted octanol–water partition coefficient (Wildman–Crippen LogP) is 4.20. The molecule has 0 spiro atoms. The van der Waals surface area contributed by atoms with Crippen LogP contribution >= 0.6 is 11.3 Å². The molecule has 1 N–H and O–H groups in total. The lowest BCUT2D eigenvalue weighted by atomic mass is 10.0. The van der Waals surface area contributed by atoms with Crippen molar-refractivity contribution >= 4 is 22.4 Å². The van der Waals surface area contributed by atoms with Crippen LogP contribution in [0.3, 0.4) is 0 Å². The van der Waals surface area contributed by atoms with Crippen molar-refractivity contribution in [1.29, 1.82) is 0 Å². The van der Waals surface area contributed by atoms with Crippen LogP contribution in [-0.4, -0.2) is 10.9 Å². The van der Waals surface area contributed by atoms with Crippen LogP contribution in [0.2, 0.25) is 0 Å². The number of aromatic nitrogens is 1. The zero-order chi connectivity index (χ0) is 15.5. The van der Waals surface area contributed by atoms with Crippen molar-refractivity contribution in [1.82, 2.24) is 4.98 Å². The fourth-order valence-electron chi connectivity index (χ4n) is 2.13. The van der Waals surface area contributed by atoms with Gasteiger partial charge in [0.25, 0.3) is 5.91 Å². The van der Waals surface area contributed by atoms with Gasteiger partial charge >= 0.3 is 0 Å². The molecule has 2 aromatic heterocycles. The van der Waals surface area contributed by atoms with E-state index in [1.165, 1.54) is 34.3 Å². The maximum absolute atomic E-state index is 11.9. The number of nitrogens with zero attached hydrogens (tertiary/aromatic N) is 1. The van der Waals surface area contributed by atoms with Gasteiger partial charge in [-0.1, -0.05) is 18.2 Å². The summed E-state index contributed by atoms with van der Waals surface area (Å²) in [6, 6.07) is 9.76. The molecule has 0 unspecified atom stereocenters. The molecule has 1 aromatic carbocycles. The van der Waals surface area contributed by atoms with Crippen LogP contribution < -0.4 is 5.32 Å². The molecule has 2 heterocycles. The fraction of sp³-hybridized carbons (Fsp3) is 0.176. The molecule has 3 rings (SSSR count). The Morgan fingerprint density at radius 3 is 2.86 bits per heavy atom. The standard InChI is InChI=1S/C17H16N2O2S/c1-11-5-6-13(8-12(11)2)9-14-10-18-17(22-14)19-16(20)15-4-3-7-21-15/h3-8,10H,9H2,1-2H3,(H,18,19,20). The summed E-state index contributed by atoms with van der Waals surface area (Å²) in [5.74, 6) is 0.00277. The molecule has 3 aromatic rings. The molecule has 0 aliphatic heterocycles. The lowest BCUT2D eigenvalue weighted by molar-refractivity contribution is 0.0996. The number of carbonyl (C=O) groups is 1. The number of anilines is 1. The zero-order valence-corrected chi connectivity index (χ0v) is 13.2. The first kappa shape index (κ1) is 14.5. The van der Waals surface area contributed by atoms with Crippen molar-refractivity contribution in [3.8, 4) is 0 Å². The Bertz CT molecular complexity index is 791. The van der Waals surface area contributed by atoms with Crippen LogP contribution in [0.25, 0.3) is 0 Å². The fourth-order valence-corrected chi connectivity index (χ4v) is 2.97. The number of benzene rings is 1. The molecule has 0 bridgehead atoms. The van der Waals surface area contributed by atoms with Gasteiger partial charge in [-0.2, -0.15) is 0 Å². The number of aryl methyl sites for hydroxylation is 2. The summed E-state index contributed by atoms with van der Waals surface area (Å²) in [6.07, 6.45) is 4.09. The Morgan fingerprint density at radius 1 is 1.27 bits per heavy atom. The average Bonchev–Trinajstić information content (AvgIpc) is 3.15. The summed E-state index contributed by atoms with van der Waals surface area (Å²) >= 11 is 1.48. The van der Waals surface area contributed by atoms with E-state index in [9.17, 15) is 4.79 Å². The molecule has 22 heavy (non-hydrogen) atoms. The highest BCUT2D eigenvalue weighted by Gasteiger charge is 2.11. The normalized spacial score (nSPS) is 10.6. The second kappa shape index (κ2) is 6.15. The minimum atomic E-state index is -0.280. The summed E-state index contributed by atoms with van der Waals surface area (Å²) < 4.78 is 5.06. The van der Waals surface area contributed by atoms with E-state index in [4.69, 9.17) is 4.42 Å². The molecule has 0 aliphatic carbocycles. The van der Waals surface area contributed by atoms with E-state index in [-0.39, 0.29) is 11.7 Å². The van der Waals surface area contributed by atoms with Crippen molar-refractivity contribution in [3.05, 3.63) is 70.1 Å². The second-order valence-electron chi connectivity index (χ2n) is 5.16. The van der Waals surface area contributed by atoms with Gasteiger partial charge in [0.2, 0.25) is 0 Å². The molecule has 5 heteroatoms. The number of amides is 1. The maximum atomic E-state index is 11.9. The summed E-state index contributed by atoms with van der Waals surface area (Å²) in [7, 11) is 0. The van der Waals surface area contributed by atoms with E-state index in [2.05, 4.69) is 42.3 Å². The molecule has 0 fully saturated rings. The Kier molecular flexibility index (Phi) is 4.06. The number of nitrogens with one attached hydrogen (secondary N) is 1. The highest BCUT2D eigenvalue weighted by molar-refractivity contribution is 7.15. The molecular formula is C17H16N2O2S. The Morgan fingerprint density at radius 2 is 2.14 bits per heavy atom. The van der Waals surface area contributed by atoms with E-state index >= 15 is 0 Å². The van der Waals surface area contributed by atoms with Crippen molar-refractivity contribution in [2.45, 2.75) is 20.3 Å². The zero-order valence-electron chi connectivity index (χ0n) is 12.4. The van der Waals surface area contributed by atoms with Gasteiger partial charge in [0.15, 0.2) is 10.9 Å². The van der Waals surface area contributed by atoms with Gasteiger partial charge in [-0.25, -0.2) is 4.98 Å². The molecular weight excluding hydrogens is 296 g/mol. The SMILES string of the molecule is Cc1ccc(Cc2cnc(NC(=O)c3ccco3)s2)cc1C. The number of furan rings is 1. The van der Waals surface area contributed by atoms with Crippen molar-refractivity contribution < 1.29 is 9.21 Å². The summed E-state index contributed by atoms with van der Waals surface area (Å²) in [6.45, 7) is 4.22. The topological polar surface area (TPSA) is 55.1 Å². The molecule has 0 saturated carbocycles. The van der Waals surface area contributed by atoms with Gasteiger partial charge in [0.05, 0.1) is 6.26 Å². The van der Waals surface area contributed by atoms with Crippen LogP contribution in [0.15, 0.2) is 47.2 Å². The maximum Gasteiger partial charge on any atom is 0.293 e. The monoisotopic (exact) mass is 312 g/mol. The van der Waals surface area contributed by atoms with Gasteiger partial charge < -0.3 is 4.42 Å². The number of hydrogen-bond donors (Lipinski definition) is 1. The Balaban J connectivity index is 1.68. The van der Waals surface area contributed by atoms with Gasteiger partial charge in [-0.05, 0) is 42.7 Å². The summed E-state index contributed by atoms with van der Waals surface area (Å²) in [5, 5.41) is 3.33. The van der Waals surface area contributed by atoms with E-state index in [0.717, 1.165) is 11.3 Å². The molecule has 0 atom stereocenters. The van der Waals surface area contributed by atoms with E-state index in [0.29, 0.717) is 5.13 Å². The summed E-state index contributed by atoms with van der Waals surface area (Å²) in [4.78, 5) is 17.2. The summed E-state index contributed by atoms with van der Waals surface area (Å²) in [5.41, 5.74) is 3.82. The minimum absolute atomic E-state index is 0.280. The van der Waals surface area contributed by atoms with Crippen LogP contribution in [0.4, 0.5) is 5.13 Å². The second-order valence-corrected chi connectivity index (χ2v) is 6.27. The first-order valence-corrected chi connectivity index (χ1v) is 7.79. The molecule has 112 valence electrons. The first-order valence-electron chi connectivity index (χ1n) is 6.97.